The monoisotopic (exact) mass is 448 g/mol. The fourth-order valence-corrected chi connectivity index (χ4v) is 4.64. The largest absolute Gasteiger partial charge is 0.383 e. The number of anilines is 1. The lowest BCUT2D eigenvalue weighted by atomic mass is 10.0. The SMILES string of the molecule is Cc1ccc2c(N3CCN(C(=O)[C@H](O)CC(C)C)CC3)nc(-c3c(C)cccc3C)nc2c1.[HH]. The van der Waals surface area contributed by atoms with E-state index in [9.17, 15) is 9.90 Å². The number of nitrogens with zero attached hydrogens (tertiary/aromatic N) is 4. The van der Waals surface area contributed by atoms with E-state index >= 15 is 0 Å². The molecule has 0 unspecified atom stereocenters. The molecule has 6 nitrogen and oxygen atoms in total. The first-order chi connectivity index (χ1) is 15.7. The van der Waals surface area contributed by atoms with Crippen molar-refractivity contribution in [3.8, 4) is 11.4 Å². The first-order valence-corrected chi connectivity index (χ1v) is 11.8. The molecule has 3 aromatic rings. The zero-order chi connectivity index (χ0) is 23.7. The van der Waals surface area contributed by atoms with Gasteiger partial charge in [-0.1, -0.05) is 38.1 Å². The van der Waals surface area contributed by atoms with E-state index in [4.69, 9.17) is 9.97 Å². The number of aryl methyl sites for hydroxylation is 3. The second-order valence-corrected chi connectivity index (χ2v) is 9.62. The van der Waals surface area contributed by atoms with Crippen molar-refractivity contribution in [1.29, 1.82) is 0 Å². The Morgan fingerprint density at radius 3 is 2.33 bits per heavy atom. The Kier molecular flexibility index (Phi) is 6.66. The number of benzene rings is 2. The summed E-state index contributed by atoms with van der Waals surface area (Å²) in [4.78, 5) is 26.7. The van der Waals surface area contributed by atoms with Crippen LogP contribution in [-0.4, -0.2) is 58.2 Å². The van der Waals surface area contributed by atoms with E-state index < -0.39 is 6.10 Å². The highest BCUT2D eigenvalue weighted by Crippen LogP contribution is 2.31. The van der Waals surface area contributed by atoms with Gasteiger partial charge in [0.1, 0.15) is 11.9 Å². The molecule has 0 bridgehead atoms. The van der Waals surface area contributed by atoms with Gasteiger partial charge in [-0.05, 0) is 61.9 Å². The predicted octanol–water partition coefficient (Wildman–Crippen LogP) is 4.52. The minimum atomic E-state index is -0.921. The van der Waals surface area contributed by atoms with Gasteiger partial charge in [-0.25, -0.2) is 9.97 Å². The summed E-state index contributed by atoms with van der Waals surface area (Å²) in [6, 6.07) is 12.6. The molecule has 6 heteroatoms. The molecule has 2 heterocycles. The maximum Gasteiger partial charge on any atom is 0.251 e. The van der Waals surface area contributed by atoms with E-state index in [1.165, 1.54) is 0 Å². The smallest absolute Gasteiger partial charge is 0.251 e. The molecule has 0 spiro atoms. The number of aliphatic hydroxyl groups excluding tert-OH is 1. The van der Waals surface area contributed by atoms with Crippen molar-refractivity contribution >= 4 is 22.6 Å². The third kappa shape index (κ3) is 4.86. The van der Waals surface area contributed by atoms with E-state index in [-0.39, 0.29) is 13.3 Å². The number of hydrogen-bond donors (Lipinski definition) is 1. The molecular formula is C27H36N4O2. The minimum absolute atomic E-state index is 0. The van der Waals surface area contributed by atoms with Gasteiger partial charge in [-0.3, -0.25) is 4.79 Å². The zero-order valence-corrected chi connectivity index (χ0v) is 20.3. The summed E-state index contributed by atoms with van der Waals surface area (Å²) in [5.41, 5.74) is 5.48. The van der Waals surface area contributed by atoms with Crippen molar-refractivity contribution in [2.45, 2.75) is 47.1 Å². The van der Waals surface area contributed by atoms with Gasteiger partial charge in [0, 0.05) is 38.6 Å². The maximum atomic E-state index is 12.7. The van der Waals surface area contributed by atoms with Crippen LogP contribution in [0.3, 0.4) is 0 Å². The number of aliphatic hydroxyl groups is 1. The summed E-state index contributed by atoms with van der Waals surface area (Å²) < 4.78 is 0. The van der Waals surface area contributed by atoms with Crippen LogP contribution in [0.2, 0.25) is 0 Å². The van der Waals surface area contributed by atoms with E-state index in [0.29, 0.717) is 32.6 Å². The van der Waals surface area contributed by atoms with Gasteiger partial charge in [-0.15, -0.1) is 0 Å². The lowest BCUT2D eigenvalue weighted by Gasteiger charge is -2.37. The average molecular weight is 449 g/mol. The highest BCUT2D eigenvalue weighted by Gasteiger charge is 2.28. The van der Waals surface area contributed by atoms with Gasteiger partial charge in [-0.2, -0.15) is 0 Å². The molecule has 4 rings (SSSR count). The third-order valence-corrected chi connectivity index (χ3v) is 6.41. The van der Waals surface area contributed by atoms with Gasteiger partial charge in [0.15, 0.2) is 5.82 Å². The minimum Gasteiger partial charge on any atom is -0.383 e. The number of rotatable bonds is 5. The van der Waals surface area contributed by atoms with Crippen LogP contribution in [0.5, 0.6) is 0 Å². The number of aromatic nitrogens is 2. The summed E-state index contributed by atoms with van der Waals surface area (Å²) in [6.45, 7) is 12.8. The summed E-state index contributed by atoms with van der Waals surface area (Å²) in [7, 11) is 0. The Balaban J connectivity index is 0.00000324. The van der Waals surface area contributed by atoms with Crippen LogP contribution in [0.1, 0.15) is 38.4 Å². The standard InChI is InChI=1S/C27H34N4O2.H2/c1-17(2)15-23(32)27(33)31-13-11-30(12-14-31)26-21-10-9-18(3)16-22(21)28-25(29-26)24-19(4)7-6-8-20(24)5;/h6-10,16-17,23,32H,11-15H2,1-5H3;1H/t23-;/m1./s1. The molecule has 0 saturated carbocycles. The zero-order valence-electron chi connectivity index (χ0n) is 20.3. The van der Waals surface area contributed by atoms with E-state index in [1.54, 1.807) is 4.90 Å². The molecule has 1 saturated heterocycles. The second-order valence-electron chi connectivity index (χ2n) is 9.62. The first kappa shape index (κ1) is 23.2. The number of carbonyl (C=O) groups excluding carboxylic acids is 1. The molecule has 1 amide bonds. The average Bonchev–Trinajstić information content (AvgIpc) is 2.77. The van der Waals surface area contributed by atoms with Crippen LogP contribution in [0.15, 0.2) is 36.4 Å². The molecule has 33 heavy (non-hydrogen) atoms. The number of fused-ring (bicyclic) bond motifs is 1. The van der Waals surface area contributed by atoms with Crippen LogP contribution in [0, 0.1) is 26.7 Å². The Morgan fingerprint density at radius 1 is 1.03 bits per heavy atom. The van der Waals surface area contributed by atoms with Crippen molar-refractivity contribution < 1.29 is 11.3 Å². The topological polar surface area (TPSA) is 69.6 Å². The number of amides is 1. The van der Waals surface area contributed by atoms with Crippen molar-refractivity contribution in [3.05, 3.63) is 53.1 Å². The number of piperazine rings is 1. The van der Waals surface area contributed by atoms with Gasteiger partial charge >= 0.3 is 0 Å². The number of hydrogen-bond acceptors (Lipinski definition) is 5. The van der Waals surface area contributed by atoms with Gasteiger partial charge in [0.2, 0.25) is 0 Å². The molecule has 1 atom stereocenters. The Bertz CT molecular complexity index is 1150. The molecule has 176 valence electrons. The van der Waals surface area contributed by atoms with Crippen LogP contribution < -0.4 is 4.90 Å². The Hall–Kier alpha value is -2.99. The molecule has 2 aromatic carbocycles. The molecule has 1 aromatic heterocycles. The normalized spacial score (nSPS) is 15.4. The van der Waals surface area contributed by atoms with Gasteiger partial charge in [0.25, 0.3) is 5.91 Å². The fraction of sp³-hybridized carbons (Fsp3) is 0.444. The summed E-state index contributed by atoms with van der Waals surface area (Å²) >= 11 is 0. The highest BCUT2D eigenvalue weighted by molar-refractivity contribution is 5.92. The van der Waals surface area contributed by atoms with Crippen LogP contribution in [0.25, 0.3) is 22.3 Å². The summed E-state index contributed by atoms with van der Waals surface area (Å²) in [5.74, 6) is 1.77. The highest BCUT2D eigenvalue weighted by atomic mass is 16.3. The first-order valence-electron chi connectivity index (χ1n) is 11.8. The van der Waals surface area contributed by atoms with Crippen LogP contribution in [-0.2, 0) is 4.79 Å². The van der Waals surface area contributed by atoms with E-state index in [0.717, 1.165) is 44.8 Å². The van der Waals surface area contributed by atoms with Crippen molar-refractivity contribution in [2.75, 3.05) is 31.1 Å². The van der Waals surface area contributed by atoms with Gasteiger partial charge < -0.3 is 14.9 Å². The van der Waals surface area contributed by atoms with Crippen LogP contribution in [0.4, 0.5) is 5.82 Å². The molecule has 1 aliphatic rings. The van der Waals surface area contributed by atoms with Crippen LogP contribution >= 0.6 is 0 Å². The molecule has 0 radical (unpaired) electrons. The lowest BCUT2D eigenvalue weighted by molar-refractivity contribution is -0.141. The maximum absolute atomic E-state index is 12.7. The second kappa shape index (κ2) is 9.48. The Labute approximate surface area is 197 Å². The molecule has 0 aliphatic carbocycles. The quantitative estimate of drug-likeness (QED) is 0.621. The van der Waals surface area contributed by atoms with Gasteiger partial charge in [0.05, 0.1) is 5.52 Å². The summed E-state index contributed by atoms with van der Waals surface area (Å²) in [6.07, 6.45) is -0.427. The Morgan fingerprint density at radius 2 is 1.70 bits per heavy atom. The molecule has 1 aliphatic heterocycles. The fourth-order valence-electron chi connectivity index (χ4n) is 4.64. The third-order valence-electron chi connectivity index (χ3n) is 6.41. The molecule has 1 N–H and O–H groups in total. The molecule has 1 fully saturated rings. The number of carbonyl (C=O) groups is 1. The van der Waals surface area contributed by atoms with Crippen molar-refractivity contribution in [3.63, 3.8) is 0 Å². The predicted molar refractivity (Wildman–Crippen MR) is 136 cm³/mol. The van der Waals surface area contributed by atoms with Crippen molar-refractivity contribution in [1.82, 2.24) is 14.9 Å². The van der Waals surface area contributed by atoms with Crippen molar-refractivity contribution in [2.24, 2.45) is 5.92 Å². The lowest BCUT2D eigenvalue weighted by Crippen LogP contribution is -2.52. The van der Waals surface area contributed by atoms with E-state index in [2.05, 4.69) is 62.1 Å². The van der Waals surface area contributed by atoms with E-state index in [1.807, 2.05) is 13.8 Å². The molecular weight excluding hydrogens is 412 g/mol. The summed E-state index contributed by atoms with van der Waals surface area (Å²) in [5, 5.41) is 11.3.